The molecule has 0 bridgehead atoms. The minimum Gasteiger partial charge on any atom is -0.468 e. The Morgan fingerprint density at radius 1 is 1.62 bits per heavy atom. The molecule has 0 spiro atoms. The summed E-state index contributed by atoms with van der Waals surface area (Å²) in [6.45, 7) is 2.99. The van der Waals surface area contributed by atoms with Crippen molar-refractivity contribution in [3.63, 3.8) is 0 Å². The molecule has 0 atom stereocenters. The molecule has 0 aromatic carbocycles. The first kappa shape index (κ1) is 12.8. The second-order valence-electron chi connectivity index (χ2n) is 3.32. The van der Waals surface area contributed by atoms with Gasteiger partial charge in [0.1, 0.15) is 6.54 Å². The van der Waals surface area contributed by atoms with E-state index in [9.17, 15) is 4.79 Å². The van der Waals surface area contributed by atoms with Gasteiger partial charge in [-0.2, -0.15) is 0 Å². The first-order chi connectivity index (χ1) is 7.69. The summed E-state index contributed by atoms with van der Waals surface area (Å²) in [5, 5.41) is 0.542. The highest BCUT2D eigenvalue weighted by Gasteiger charge is 2.13. The van der Waals surface area contributed by atoms with E-state index >= 15 is 0 Å². The number of hydrogen-bond donors (Lipinski definition) is 0. The smallest absolute Gasteiger partial charge is 0.325 e. The largest absolute Gasteiger partial charge is 0.468 e. The van der Waals surface area contributed by atoms with Crippen LogP contribution < -0.4 is 4.90 Å². The van der Waals surface area contributed by atoms with Gasteiger partial charge in [-0.1, -0.05) is 18.5 Å². The lowest BCUT2D eigenvalue weighted by molar-refractivity contribution is -0.138. The van der Waals surface area contributed by atoms with E-state index < -0.39 is 0 Å². The van der Waals surface area contributed by atoms with Crippen molar-refractivity contribution in [3.8, 4) is 0 Å². The van der Waals surface area contributed by atoms with Gasteiger partial charge in [0.05, 0.1) is 17.8 Å². The third kappa shape index (κ3) is 3.38. The number of hydrogen-bond acceptors (Lipinski definition) is 4. The number of rotatable bonds is 5. The lowest BCUT2D eigenvalue weighted by atomic mass is 10.3. The van der Waals surface area contributed by atoms with Crippen molar-refractivity contribution in [2.75, 3.05) is 25.1 Å². The summed E-state index contributed by atoms with van der Waals surface area (Å²) < 4.78 is 4.65. The molecule has 0 saturated carbocycles. The fourth-order valence-corrected chi connectivity index (χ4v) is 1.64. The SMILES string of the molecule is CCCN(CC(=O)OC)c1ccncc1Cl. The zero-order valence-electron chi connectivity index (χ0n) is 9.44. The number of methoxy groups -OCH3 is 1. The molecule has 0 amide bonds. The molecule has 0 fully saturated rings. The molecule has 0 aliphatic carbocycles. The summed E-state index contributed by atoms with van der Waals surface area (Å²) in [5.41, 5.74) is 0.809. The molecule has 0 aliphatic rings. The lowest BCUT2D eigenvalue weighted by Gasteiger charge is -2.23. The maximum absolute atomic E-state index is 11.3. The van der Waals surface area contributed by atoms with Crippen LogP contribution in [0.25, 0.3) is 0 Å². The highest BCUT2D eigenvalue weighted by atomic mass is 35.5. The van der Waals surface area contributed by atoms with Crippen molar-refractivity contribution in [2.24, 2.45) is 0 Å². The summed E-state index contributed by atoms with van der Waals surface area (Å²) in [5.74, 6) is -0.277. The van der Waals surface area contributed by atoms with Crippen LogP contribution in [0.4, 0.5) is 5.69 Å². The van der Waals surface area contributed by atoms with Crippen molar-refractivity contribution in [1.29, 1.82) is 0 Å². The summed E-state index contributed by atoms with van der Waals surface area (Å²) in [6, 6.07) is 1.79. The number of aromatic nitrogens is 1. The average Bonchev–Trinajstić information content (AvgIpc) is 2.29. The number of carbonyl (C=O) groups is 1. The van der Waals surface area contributed by atoms with Gasteiger partial charge in [-0.3, -0.25) is 9.78 Å². The molecule has 5 heteroatoms. The van der Waals surface area contributed by atoms with Crippen LogP contribution in [0.5, 0.6) is 0 Å². The second kappa shape index (κ2) is 6.33. The molecule has 1 heterocycles. The standard InChI is InChI=1S/C11H15ClN2O2/c1-3-6-14(8-11(15)16-2)10-4-5-13-7-9(10)12/h4-5,7H,3,6,8H2,1-2H3. The van der Waals surface area contributed by atoms with E-state index in [0.717, 1.165) is 18.7 Å². The number of halogens is 1. The van der Waals surface area contributed by atoms with Gasteiger partial charge in [-0.05, 0) is 12.5 Å². The molecule has 0 unspecified atom stereocenters. The summed E-state index contributed by atoms with van der Waals surface area (Å²) in [4.78, 5) is 17.1. The molecule has 88 valence electrons. The number of carbonyl (C=O) groups excluding carboxylic acids is 1. The first-order valence-corrected chi connectivity index (χ1v) is 5.48. The van der Waals surface area contributed by atoms with Gasteiger partial charge < -0.3 is 9.64 Å². The van der Waals surface area contributed by atoms with Crippen LogP contribution in [-0.4, -0.2) is 31.2 Å². The minimum atomic E-state index is -0.277. The van der Waals surface area contributed by atoms with Gasteiger partial charge in [0.2, 0.25) is 0 Å². The van der Waals surface area contributed by atoms with E-state index in [0.29, 0.717) is 5.02 Å². The monoisotopic (exact) mass is 242 g/mol. The molecular formula is C11H15ClN2O2. The number of esters is 1. The van der Waals surface area contributed by atoms with Crippen LogP contribution in [-0.2, 0) is 9.53 Å². The second-order valence-corrected chi connectivity index (χ2v) is 3.73. The Morgan fingerprint density at radius 2 is 2.38 bits per heavy atom. The van der Waals surface area contributed by atoms with Crippen LogP contribution in [0.2, 0.25) is 5.02 Å². The summed E-state index contributed by atoms with van der Waals surface area (Å²) in [7, 11) is 1.38. The molecule has 0 radical (unpaired) electrons. The zero-order chi connectivity index (χ0) is 12.0. The molecule has 1 aromatic heterocycles. The normalized spacial score (nSPS) is 9.94. The van der Waals surface area contributed by atoms with Gasteiger partial charge >= 0.3 is 5.97 Å². The van der Waals surface area contributed by atoms with Gasteiger partial charge in [-0.15, -0.1) is 0 Å². The van der Waals surface area contributed by atoms with E-state index in [-0.39, 0.29) is 12.5 Å². The quantitative estimate of drug-likeness (QED) is 0.742. The van der Waals surface area contributed by atoms with E-state index in [4.69, 9.17) is 11.6 Å². The lowest BCUT2D eigenvalue weighted by Crippen LogP contribution is -2.31. The number of nitrogens with zero attached hydrogens (tertiary/aromatic N) is 2. The van der Waals surface area contributed by atoms with Gasteiger partial charge in [-0.25, -0.2) is 0 Å². The van der Waals surface area contributed by atoms with Crippen molar-refractivity contribution in [3.05, 3.63) is 23.5 Å². The Labute approximate surface area is 100 Å². The molecule has 0 N–H and O–H groups in total. The average molecular weight is 243 g/mol. The van der Waals surface area contributed by atoms with Gasteiger partial charge in [0, 0.05) is 18.9 Å². The Balaban J connectivity index is 2.85. The minimum absolute atomic E-state index is 0.202. The Bertz CT molecular complexity index is 358. The molecule has 0 aliphatic heterocycles. The van der Waals surface area contributed by atoms with Crippen LogP contribution in [0, 0.1) is 0 Å². The zero-order valence-corrected chi connectivity index (χ0v) is 10.2. The van der Waals surface area contributed by atoms with Crippen molar-refractivity contribution >= 4 is 23.3 Å². The number of ether oxygens (including phenoxy) is 1. The molecule has 4 nitrogen and oxygen atoms in total. The highest BCUT2D eigenvalue weighted by Crippen LogP contribution is 2.24. The Hall–Kier alpha value is -1.29. The molecular weight excluding hydrogens is 228 g/mol. The van der Waals surface area contributed by atoms with Crippen molar-refractivity contribution < 1.29 is 9.53 Å². The molecule has 1 aromatic rings. The third-order valence-electron chi connectivity index (χ3n) is 2.13. The summed E-state index contributed by atoms with van der Waals surface area (Å²) in [6.07, 6.45) is 4.15. The van der Waals surface area contributed by atoms with Crippen molar-refractivity contribution in [1.82, 2.24) is 4.98 Å². The maximum atomic E-state index is 11.3. The van der Waals surface area contributed by atoms with Crippen LogP contribution in [0.15, 0.2) is 18.5 Å². The topological polar surface area (TPSA) is 42.4 Å². The van der Waals surface area contributed by atoms with Crippen LogP contribution in [0.3, 0.4) is 0 Å². The predicted molar refractivity (Wildman–Crippen MR) is 63.8 cm³/mol. The van der Waals surface area contributed by atoms with E-state index in [1.165, 1.54) is 7.11 Å². The summed E-state index contributed by atoms with van der Waals surface area (Å²) >= 11 is 6.03. The molecule has 0 saturated heterocycles. The van der Waals surface area contributed by atoms with Gasteiger partial charge in [0.25, 0.3) is 0 Å². The van der Waals surface area contributed by atoms with Crippen molar-refractivity contribution in [2.45, 2.75) is 13.3 Å². The highest BCUT2D eigenvalue weighted by molar-refractivity contribution is 6.33. The predicted octanol–water partition coefficient (Wildman–Crippen LogP) is 2.12. The van der Waals surface area contributed by atoms with E-state index in [2.05, 4.69) is 9.72 Å². The van der Waals surface area contributed by atoms with Crippen LogP contribution in [0.1, 0.15) is 13.3 Å². The van der Waals surface area contributed by atoms with E-state index in [1.807, 2.05) is 11.8 Å². The molecule has 16 heavy (non-hydrogen) atoms. The Morgan fingerprint density at radius 3 is 2.94 bits per heavy atom. The Kier molecular flexibility index (Phi) is 5.05. The first-order valence-electron chi connectivity index (χ1n) is 5.10. The van der Waals surface area contributed by atoms with Crippen LogP contribution >= 0.6 is 11.6 Å². The fraction of sp³-hybridized carbons (Fsp3) is 0.455. The van der Waals surface area contributed by atoms with Gasteiger partial charge in [0.15, 0.2) is 0 Å². The number of pyridine rings is 1. The number of anilines is 1. The fourth-order valence-electron chi connectivity index (χ4n) is 1.40. The maximum Gasteiger partial charge on any atom is 0.325 e. The molecule has 1 rings (SSSR count). The third-order valence-corrected chi connectivity index (χ3v) is 2.42. The van der Waals surface area contributed by atoms with E-state index in [1.54, 1.807) is 18.5 Å².